The lowest BCUT2D eigenvalue weighted by Gasteiger charge is -2.44. The number of carbonyl (C=O) groups excluding carboxylic acids is 1. The largest absolute Gasteiger partial charge is 0.444 e. The minimum atomic E-state index is -0.403. The van der Waals surface area contributed by atoms with Gasteiger partial charge in [-0.15, -0.1) is 0 Å². The predicted octanol–water partition coefficient (Wildman–Crippen LogP) is 0.757. The number of likely N-dealkylation sites (tertiary alicyclic amines) is 1. The number of amides is 1. The Morgan fingerprint density at radius 1 is 1.47 bits per heavy atom. The van der Waals surface area contributed by atoms with Gasteiger partial charge in [0.25, 0.3) is 0 Å². The van der Waals surface area contributed by atoms with Crippen molar-refractivity contribution in [2.45, 2.75) is 32.4 Å². The van der Waals surface area contributed by atoms with E-state index in [9.17, 15) is 4.79 Å². The molecule has 0 unspecified atom stereocenters. The smallest absolute Gasteiger partial charge is 0.410 e. The molecule has 1 heterocycles. The van der Waals surface area contributed by atoms with Crippen molar-refractivity contribution in [3.8, 4) is 0 Å². The van der Waals surface area contributed by atoms with Gasteiger partial charge < -0.3 is 15.0 Å². The molecule has 1 rings (SSSR count). The van der Waals surface area contributed by atoms with Crippen LogP contribution in [0.4, 0.5) is 4.79 Å². The first-order chi connectivity index (χ1) is 7.83. The molecular formula is C12H25N3O2. The molecule has 1 saturated heterocycles. The third kappa shape index (κ3) is 4.52. The molecule has 1 fully saturated rings. The van der Waals surface area contributed by atoms with Crippen molar-refractivity contribution >= 4 is 6.09 Å². The molecule has 0 saturated carbocycles. The number of rotatable bonds is 4. The third-order valence-electron chi connectivity index (χ3n) is 2.85. The van der Waals surface area contributed by atoms with Crippen LogP contribution < -0.4 is 5.32 Å². The van der Waals surface area contributed by atoms with E-state index in [0.717, 1.165) is 26.2 Å². The van der Waals surface area contributed by atoms with Crippen LogP contribution >= 0.6 is 0 Å². The number of nitrogens with zero attached hydrogens (tertiary/aromatic N) is 2. The van der Waals surface area contributed by atoms with E-state index in [1.807, 2.05) is 27.8 Å². The minimum Gasteiger partial charge on any atom is -0.444 e. The quantitative estimate of drug-likeness (QED) is 0.791. The molecule has 0 spiro atoms. The fourth-order valence-corrected chi connectivity index (χ4v) is 1.68. The van der Waals surface area contributed by atoms with Crippen LogP contribution in [0.5, 0.6) is 0 Å². The lowest BCUT2D eigenvalue weighted by atomic mass is 10.1. The Hall–Kier alpha value is -0.810. The fraction of sp³-hybridized carbons (Fsp3) is 0.917. The molecule has 0 bridgehead atoms. The van der Waals surface area contributed by atoms with Crippen LogP contribution in [-0.4, -0.2) is 67.8 Å². The number of nitrogens with one attached hydrogen (secondary N) is 1. The average molecular weight is 243 g/mol. The van der Waals surface area contributed by atoms with Crippen LogP contribution in [-0.2, 0) is 4.74 Å². The molecule has 1 aliphatic rings. The zero-order valence-electron chi connectivity index (χ0n) is 11.6. The van der Waals surface area contributed by atoms with E-state index in [0.29, 0.717) is 6.04 Å². The summed E-state index contributed by atoms with van der Waals surface area (Å²) in [7, 11) is 4.04. The van der Waals surface area contributed by atoms with Crippen molar-refractivity contribution in [1.82, 2.24) is 15.1 Å². The molecule has 17 heavy (non-hydrogen) atoms. The highest BCUT2D eigenvalue weighted by Gasteiger charge is 2.35. The average Bonchev–Trinajstić information content (AvgIpc) is 2.09. The van der Waals surface area contributed by atoms with E-state index in [2.05, 4.69) is 17.3 Å². The third-order valence-corrected chi connectivity index (χ3v) is 2.85. The predicted molar refractivity (Wildman–Crippen MR) is 68.2 cm³/mol. The Morgan fingerprint density at radius 2 is 2.06 bits per heavy atom. The van der Waals surface area contributed by atoms with Gasteiger partial charge in [-0.25, -0.2) is 4.79 Å². The van der Waals surface area contributed by atoms with Crippen molar-refractivity contribution in [3.63, 3.8) is 0 Å². The maximum absolute atomic E-state index is 11.7. The van der Waals surface area contributed by atoms with E-state index in [1.165, 1.54) is 0 Å². The summed E-state index contributed by atoms with van der Waals surface area (Å²) in [6, 6.07) is 0.468. The highest BCUT2D eigenvalue weighted by Crippen LogP contribution is 2.17. The molecule has 1 N–H and O–H groups in total. The second kappa shape index (κ2) is 5.69. The highest BCUT2D eigenvalue weighted by molar-refractivity contribution is 5.69. The number of ether oxygens (including phenoxy) is 1. The zero-order chi connectivity index (χ0) is 13.1. The van der Waals surface area contributed by atoms with Gasteiger partial charge in [-0.05, 0) is 34.9 Å². The molecule has 0 aliphatic carbocycles. The lowest BCUT2D eigenvalue weighted by Crippen LogP contribution is -2.61. The summed E-state index contributed by atoms with van der Waals surface area (Å²) in [5.74, 6) is 0. The summed E-state index contributed by atoms with van der Waals surface area (Å²) in [5.41, 5.74) is -0.403. The van der Waals surface area contributed by atoms with E-state index in [1.54, 1.807) is 4.90 Å². The molecule has 5 nitrogen and oxygen atoms in total. The van der Waals surface area contributed by atoms with Gasteiger partial charge in [0.2, 0.25) is 0 Å². The maximum Gasteiger partial charge on any atom is 0.410 e. The Kier molecular flexibility index (Phi) is 4.77. The molecule has 1 amide bonds. The van der Waals surface area contributed by atoms with Gasteiger partial charge in [0, 0.05) is 32.2 Å². The van der Waals surface area contributed by atoms with Gasteiger partial charge in [-0.1, -0.05) is 0 Å². The summed E-state index contributed by atoms with van der Waals surface area (Å²) in [6.07, 6.45) is -0.198. The first kappa shape index (κ1) is 14.3. The van der Waals surface area contributed by atoms with Gasteiger partial charge in [0.1, 0.15) is 5.60 Å². The van der Waals surface area contributed by atoms with Gasteiger partial charge in [0.15, 0.2) is 0 Å². The standard InChI is InChI=1S/C12H25N3O2/c1-12(2,3)17-11(16)15-8-10(9-15)14(5)7-6-13-4/h10,13H,6-9H2,1-5H3. The van der Waals surface area contributed by atoms with Gasteiger partial charge >= 0.3 is 6.09 Å². The Labute approximate surface area is 104 Å². The molecule has 0 aromatic carbocycles. The van der Waals surface area contributed by atoms with Crippen molar-refractivity contribution < 1.29 is 9.53 Å². The van der Waals surface area contributed by atoms with Crippen LogP contribution in [0.3, 0.4) is 0 Å². The molecule has 1 aliphatic heterocycles. The van der Waals surface area contributed by atoms with E-state index in [-0.39, 0.29) is 6.09 Å². The molecule has 0 aromatic rings. The number of likely N-dealkylation sites (N-methyl/N-ethyl adjacent to an activating group) is 2. The van der Waals surface area contributed by atoms with Gasteiger partial charge in [-0.3, -0.25) is 4.90 Å². The second-order valence-corrected chi connectivity index (χ2v) is 5.62. The van der Waals surface area contributed by atoms with Crippen molar-refractivity contribution in [2.24, 2.45) is 0 Å². The lowest BCUT2D eigenvalue weighted by molar-refractivity contribution is -0.0105. The first-order valence-corrected chi connectivity index (χ1v) is 6.16. The zero-order valence-corrected chi connectivity index (χ0v) is 11.6. The van der Waals surface area contributed by atoms with Crippen molar-refractivity contribution in [2.75, 3.05) is 40.3 Å². The van der Waals surface area contributed by atoms with Crippen molar-refractivity contribution in [3.05, 3.63) is 0 Å². The van der Waals surface area contributed by atoms with Gasteiger partial charge in [-0.2, -0.15) is 0 Å². The summed E-state index contributed by atoms with van der Waals surface area (Å²) >= 11 is 0. The molecule has 0 atom stereocenters. The molecule has 0 aromatic heterocycles. The highest BCUT2D eigenvalue weighted by atomic mass is 16.6. The normalized spacial score (nSPS) is 17.2. The van der Waals surface area contributed by atoms with Crippen LogP contribution in [0.15, 0.2) is 0 Å². The summed E-state index contributed by atoms with van der Waals surface area (Å²) in [4.78, 5) is 15.7. The monoisotopic (exact) mass is 243 g/mol. The molecule has 5 heteroatoms. The Bertz CT molecular complexity index is 257. The maximum atomic E-state index is 11.7. The van der Waals surface area contributed by atoms with Crippen LogP contribution in [0, 0.1) is 0 Å². The van der Waals surface area contributed by atoms with E-state index < -0.39 is 5.60 Å². The molecule has 0 radical (unpaired) electrons. The van der Waals surface area contributed by atoms with Crippen LogP contribution in [0.2, 0.25) is 0 Å². The van der Waals surface area contributed by atoms with E-state index in [4.69, 9.17) is 4.74 Å². The second-order valence-electron chi connectivity index (χ2n) is 5.62. The summed E-state index contributed by atoms with van der Waals surface area (Å²) in [5, 5.41) is 3.12. The van der Waals surface area contributed by atoms with Crippen LogP contribution in [0.25, 0.3) is 0 Å². The number of carbonyl (C=O) groups is 1. The Balaban J connectivity index is 2.24. The SMILES string of the molecule is CNCCN(C)C1CN(C(=O)OC(C)(C)C)C1. The summed E-state index contributed by atoms with van der Waals surface area (Å²) in [6.45, 7) is 9.19. The minimum absolute atomic E-state index is 0.198. The van der Waals surface area contributed by atoms with Gasteiger partial charge in [0.05, 0.1) is 0 Å². The number of hydrogen-bond acceptors (Lipinski definition) is 4. The summed E-state index contributed by atoms with van der Waals surface area (Å²) < 4.78 is 5.31. The fourth-order valence-electron chi connectivity index (χ4n) is 1.68. The number of hydrogen-bond donors (Lipinski definition) is 1. The molecule has 100 valence electrons. The topological polar surface area (TPSA) is 44.8 Å². The van der Waals surface area contributed by atoms with E-state index >= 15 is 0 Å². The molecular weight excluding hydrogens is 218 g/mol. The van der Waals surface area contributed by atoms with Crippen LogP contribution in [0.1, 0.15) is 20.8 Å². The van der Waals surface area contributed by atoms with Crippen molar-refractivity contribution in [1.29, 1.82) is 0 Å². The first-order valence-electron chi connectivity index (χ1n) is 6.16. The Morgan fingerprint density at radius 3 is 2.53 bits per heavy atom.